The number of ether oxygens (including phenoxy) is 1. The van der Waals surface area contributed by atoms with Crippen LogP contribution in [-0.2, 0) is 9.53 Å². The number of Topliss-reactive ketones (excluding diaryl/α,β-unsaturated/α-hetero) is 1. The van der Waals surface area contributed by atoms with E-state index in [1.54, 1.807) is 0 Å². The van der Waals surface area contributed by atoms with E-state index in [1.165, 1.54) is 0 Å². The molecule has 0 saturated carbocycles. The first-order valence-electron chi connectivity index (χ1n) is 5.15. The van der Waals surface area contributed by atoms with E-state index in [9.17, 15) is 4.79 Å². The number of ketones is 1. The van der Waals surface area contributed by atoms with Crippen molar-refractivity contribution in [3.8, 4) is 0 Å². The molecule has 0 aliphatic heterocycles. The predicted molar refractivity (Wildman–Crippen MR) is 57.4 cm³/mol. The fraction of sp³-hybridized carbons (Fsp3) is 0.727. The highest BCUT2D eigenvalue weighted by Gasteiger charge is 2.39. The molecule has 0 aromatic rings. The molecule has 0 aromatic heterocycles. The quantitative estimate of drug-likeness (QED) is 0.661. The molecule has 0 spiro atoms. The fourth-order valence-corrected chi connectivity index (χ4v) is 1.77. The van der Waals surface area contributed by atoms with Gasteiger partial charge in [-0.05, 0) is 26.7 Å². The van der Waals surface area contributed by atoms with Crippen LogP contribution in [0.5, 0.6) is 0 Å². The maximum Gasteiger partial charge on any atom is 0.187 e. The Bertz CT molecular complexity index is 256. The van der Waals surface area contributed by atoms with Crippen LogP contribution >= 0.6 is 11.6 Å². The average Bonchev–Trinajstić information content (AvgIpc) is 2.15. The van der Waals surface area contributed by atoms with Gasteiger partial charge >= 0.3 is 0 Å². The molecule has 3 heteroatoms. The van der Waals surface area contributed by atoms with Crippen LogP contribution in [0.1, 0.15) is 40.0 Å². The molecule has 0 saturated heterocycles. The van der Waals surface area contributed by atoms with Gasteiger partial charge in [0, 0.05) is 5.57 Å². The Morgan fingerprint density at radius 3 is 2.64 bits per heavy atom. The van der Waals surface area contributed by atoms with Crippen LogP contribution in [-0.4, -0.2) is 17.3 Å². The van der Waals surface area contributed by atoms with Gasteiger partial charge in [0.1, 0.15) is 5.76 Å². The molecule has 14 heavy (non-hydrogen) atoms. The molecule has 0 amide bonds. The standard InChI is InChI=1S/C11H17ClO2/c1-4-5-6-8-10(13)9(12)11(8)14-7(2)3/h7,9H,4-6H2,1-3H3. The lowest BCUT2D eigenvalue weighted by molar-refractivity contribution is -0.118. The zero-order valence-corrected chi connectivity index (χ0v) is 9.73. The second kappa shape index (κ2) is 4.83. The zero-order valence-electron chi connectivity index (χ0n) is 8.97. The van der Waals surface area contributed by atoms with Gasteiger partial charge in [0.2, 0.25) is 0 Å². The molecule has 0 bridgehead atoms. The van der Waals surface area contributed by atoms with E-state index < -0.39 is 5.38 Å². The molecule has 2 nitrogen and oxygen atoms in total. The van der Waals surface area contributed by atoms with Gasteiger partial charge in [0.15, 0.2) is 11.2 Å². The maximum absolute atomic E-state index is 11.4. The molecule has 0 fully saturated rings. The van der Waals surface area contributed by atoms with Crippen molar-refractivity contribution in [2.24, 2.45) is 0 Å². The summed E-state index contributed by atoms with van der Waals surface area (Å²) in [6.07, 6.45) is 3.01. The minimum absolute atomic E-state index is 0.0516. The largest absolute Gasteiger partial charge is 0.493 e. The number of hydrogen-bond acceptors (Lipinski definition) is 2. The van der Waals surface area contributed by atoms with E-state index in [-0.39, 0.29) is 11.9 Å². The molecular weight excluding hydrogens is 200 g/mol. The zero-order chi connectivity index (χ0) is 10.7. The van der Waals surface area contributed by atoms with Gasteiger partial charge in [-0.1, -0.05) is 13.3 Å². The summed E-state index contributed by atoms with van der Waals surface area (Å²) in [7, 11) is 0. The first-order valence-corrected chi connectivity index (χ1v) is 5.59. The number of carbonyl (C=O) groups is 1. The number of alkyl halides is 1. The summed E-state index contributed by atoms with van der Waals surface area (Å²) >= 11 is 5.85. The number of carbonyl (C=O) groups excluding carboxylic acids is 1. The van der Waals surface area contributed by atoms with Gasteiger partial charge in [-0.15, -0.1) is 11.6 Å². The van der Waals surface area contributed by atoms with Gasteiger partial charge < -0.3 is 4.74 Å². The molecule has 0 aromatic carbocycles. The Balaban J connectivity index is 2.64. The van der Waals surface area contributed by atoms with Crippen molar-refractivity contribution in [2.45, 2.75) is 51.5 Å². The highest BCUT2D eigenvalue weighted by atomic mass is 35.5. The van der Waals surface area contributed by atoms with Gasteiger partial charge in [0.25, 0.3) is 0 Å². The lowest BCUT2D eigenvalue weighted by Gasteiger charge is -2.29. The van der Waals surface area contributed by atoms with E-state index in [2.05, 4.69) is 6.92 Å². The fourth-order valence-electron chi connectivity index (χ4n) is 1.45. The van der Waals surface area contributed by atoms with Gasteiger partial charge in [-0.25, -0.2) is 0 Å². The van der Waals surface area contributed by atoms with Crippen LogP contribution in [0, 0.1) is 0 Å². The van der Waals surface area contributed by atoms with E-state index in [0.717, 1.165) is 24.8 Å². The molecule has 1 atom stereocenters. The second-order valence-electron chi connectivity index (χ2n) is 3.84. The Morgan fingerprint density at radius 1 is 1.50 bits per heavy atom. The second-order valence-corrected chi connectivity index (χ2v) is 4.28. The lowest BCUT2D eigenvalue weighted by atomic mass is 9.89. The molecule has 1 rings (SSSR count). The minimum Gasteiger partial charge on any atom is -0.493 e. The summed E-state index contributed by atoms with van der Waals surface area (Å²) in [5.41, 5.74) is 0.806. The first kappa shape index (κ1) is 11.6. The van der Waals surface area contributed by atoms with E-state index in [4.69, 9.17) is 16.3 Å². The number of halogens is 1. The lowest BCUT2D eigenvalue weighted by Crippen LogP contribution is -2.34. The van der Waals surface area contributed by atoms with E-state index in [0.29, 0.717) is 5.76 Å². The Hall–Kier alpha value is -0.500. The van der Waals surface area contributed by atoms with Crippen molar-refractivity contribution >= 4 is 17.4 Å². The smallest absolute Gasteiger partial charge is 0.187 e. The van der Waals surface area contributed by atoms with Crippen molar-refractivity contribution in [1.82, 2.24) is 0 Å². The monoisotopic (exact) mass is 216 g/mol. The van der Waals surface area contributed by atoms with Crippen LogP contribution in [0.25, 0.3) is 0 Å². The predicted octanol–water partition coefficient (Wildman–Crippen LogP) is 3.05. The Morgan fingerprint density at radius 2 is 2.14 bits per heavy atom. The molecule has 1 aliphatic carbocycles. The molecule has 0 radical (unpaired) electrons. The first-order chi connectivity index (χ1) is 6.57. The highest BCUT2D eigenvalue weighted by Crippen LogP contribution is 2.34. The van der Waals surface area contributed by atoms with Gasteiger partial charge in [-0.3, -0.25) is 4.79 Å². The highest BCUT2D eigenvalue weighted by molar-refractivity contribution is 6.39. The third kappa shape index (κ3) is 2.30. The minimum atomic E-state index is -0.524. The summed E-state index contributed by atoms with van der Waals surface area (Å²) in [4.78, 5) is 11.4. The van der Waals surface area contributed by atoms with Gasteiger partial charge in [0.05, 0.1) is 6.10 Å². The van der Waals surface area contributed by atoms with Crippen molar-refractivity contribution < 1.29 is 9.53 Å². The normalized spacial score (nSPS) is 21.5. The van der Waals surface area contributed by atoms with Crippen molar-refractivity contribution in [3.63, 3.8) is 0 Å². The molecular formula is C11H17ClO2. The van der Waals surface area contributed by atoms with Crippen LogP contribution < -0.4 is 0 Å². The average molecular weight is 217 g/mol. The van der Waals surface area contributed by atoms with Crippen LogP contribution in [0.4, 0.5) is 0 Å². The van der Waals surface area contributed by atoms with Crippen molar-refractivity contribution in [2.75, 3.05) is 0 Å². The third-order valence-corrected chi connectivity index (χ3v) is 2.59. The third-order valence-electron chi connectivity index (χ3n) is 2.20. The molecule has 1 aliphatic rings. The number of unbranched alkanes of at least 4 members (excludes halogenated alkanes) is 1. The molecule has 1 unspecified atom stereocenters. The van der Waals surface area contributed by atoms with Crippen molar-refractivity contribution in [3.05, 3.63) is 11.3 Å². The summed E-state index contributed by atoms with van der Waals surface area (Å²) in [5, 5.41) is -0.524. The summed E-state index contributed by atoms with van der Waals surface area (Å²) in [5.74, 6) is 0.760. The summed E-state index contributed by atoms with van der Waals surface area (Å²) in [6, 6.07) is 0. The van der Waals surface area contributed by atoms with Gasteiger partial charge in [-0.2, -0.15) is 0 Å². The van der Waals surface area contributed by atoms with Crippen LogP contribution in [0.15, 0.2) is 11.3 Å². The Labute approximate surface area is 90.3 Å². The molecule has 0 heterocycles. The number of hydrogen-bond donors (Lipinski definition) is 0. The van der Waals surface area contributed by atoms with E-state index >= 15 is 0 Å². The van der Waals surface area contributed by atoms with Crippen LogP contribution in [0.2, 0.25) is 0 Å². The van der Waals surface area contributed by atoms with Crippen molar-refractivity contribution in [1.29, 1.82) is 0 Å². The molecule has 0 N–H and O–H groups in total. The number of allylic oxidation sites excluding steroid dienone is 2. The number of rotatable bonds is 5. The Kier molecular flexibility index (Phi) is 3.99. The maximum atomic E-state index is 11.4. The summed E-state index contributed by atoms with van der Waals surface area (Å²) in [6.45, 7) is 5.98. The SMILES string of the molecule is CCCCC1=C(OC(C)C)C(Cl)C1=O. The van der Waals surface area contributed by atoms with E-state index in [1.807, 2.05) is 13.8 Å². The topological polar surface area (TPSA) is 26.3 Å². The summed E-state index contributed by atoms with van der Waals surface area (Å²) < 4.78 is 5.51. The van der Waals surface area contributed by atoms with Crippen LogP contribution in [0.3, 0.4) is 0 Å². The molecule has 80 valence electrons.